The van der Waals surface area contributed by atoms with Crippen molar-refractivity contribution in [3.63, 3.8) is 0 Å². The zero-order chi connectivity index (χ0) is 21.1. The molecular formula is C19H13ClF3N3O3. The number of urea groups is 1. The summed E-state index contributed by atoms with van der Waals surface area (Å²) in [5.74, 6) is -1.60. The van der Waals surface area contributed by atoms with Crippen molar-refractivity contribution in [2.45, 2.75) is 25.2 Å². The van der Waals surface area contributed by atoms with Gasteiger partial charge in [0.1, 0.15) is 0 Å². The number of carbonyl (C=O) groups is 3. The zero-order valence-electron chi connectivity index (χ0n) is 14.9. The average molecular weight is 424 g/mol. The van der Waals surface area contributed by atoms with Crippen LogP contribution in [0, 0.1) is 6.92 Å². The minimum absolute atomic E-state index is 0.0420. The number of benzene rings is 2. The smallest absolute Gasteiger partial charge is 0.312 e. The molecule has 29 heavy (non-hydrogen) atoms. The van der Waals surface area contributed by atoms with Crippen LogP contribution in [0.15, 0.2) is 36.4 Å². The normalized spacial score (nSPS) is 20.9. The van der Waals surface area contributed by atoms with E-state index in [-0.39, 0.29) is 22.7 Å². The first kappa shape index (κ1) is 19.3. The van der Waals surface area contributed by atoms with Gasteiger partial charge < -0.3 is 10.2 Å². The molecule has 4 amide bonds. The van der Waals surface area contributed by atoms with Crippen LogP contribution in [-0.4, -0.2) is 17.8 Å². The molecule has 1 saturated heterocycles. The molecule has 0 radical (unpaired) electrons. The van der Waals surface area contributed by atoms with Gasteiger partial charge in [0.25, 0.3) is 11.8 Å². The van der Waals surface area contributed by atoms with E-state index in [1.165, 1.54) is 0 Å². The summed E-state index contributed by atoms with van der Waals surface area (Å²) in [6, 6.07) is 6.86. The lowest BCUT2D eigenvalue weighted by atomic mass is 9.90. The van der Waals surface area contributed by atoms with Gasteiger partial charge in [-0.25, -0.2) is 4.79 Å². The van der Waals surface area contributed by atoms with Crippen LogP contribution in [0.1, 0.15) is 22.3 Å². The van der Waals surface area contributed by atoms with Crippen molar-refractivity contribution >= 4 is 35.1 Å². The van der Waals surface area contributed by atoms with E-state index in [1.54, 1.807) is 25.1 Å². The van der Waals surface area contributed by atoms with Gasteiger partial charge in [0.2, 0.25) is 5.54 Å². The van der Waals surface area contributed by atoms with E-state index in [0.29, 0.717) is 5.69 Å². The predicted molar refractivity (Wildman–Crippen MR) is 97.2 cm³/mol. The Morgan fingerprint density at radius 2 is 1.83 bits per heavy atom. The summed E-state index contributed by atoms with van der Waals surface area (Å²) in [4.78, 5) is 38.7. The monoisotopic (exact) mass is 423 g/mol. The van der Waals surface area contributed by atoms with Gasteiger partial charge in [0.15, 0.2) is 0 Å². The number of hydrogen-bond donors (Lipinski definition) is 2. The molecule has 1 spiro atoms. The second kappa shape index (κ2) is 6.21. The fourth-order valence-electron chi connectivity index (χ4n) is 3.61. The molecule has 2 aromatic carbocycles. The Kier molecular flexibility index (Phi) is 4.13. The van der Waals surface area contributed by atoms with E-state index in [9.17, 15) is 27.6 Å². The quantitative estimate of drug-likeness (QED) is 0.575. The minimum atomic E-state index is -4.58. The minimum Gasteiger partial charge on any atom is -0.312 e. The highest BCUT2D eigenvalue weighted by Crippen LogP contribution is 2.44. The molecule has 4 rings (SSSR count). The van der Waals surface area contributed by atoms with E-state index < -0.39 is 35.1 Å². The summed E-state index contributed by atoms with van der Waals surface area (Å²) in [6.07, 6.45) is -4.58. The van der Waals surface area contributed by atoms with Gasteiger partial charge in [-0.15, -0.1) is 0 Å². The zero-order valence-corrected chi connectivity index (χ0v) is 15.6. The summed E-state index contributed by atoms with van der Waals surface area (Å²) in [6.45, 7) is 1.45. The number of halogens is 4. The Morgan fingerprint density at radius 1 is 1.10 bits per heavy atom. The third-order valence-corrected chi connectivity index (χ3v) is 5.35. The first-order valence-corrected chi connectivity index (χ1v) is 8.84. The second-order valence-electron chi connectivity index (χ2n) is 6.87. The van der Waals surface area contributed by atoms with Gasteiger partial charge >= 0.3 is 12.2 Å². The first-order chi connectivity index (χ1) is 13.5. The van der Waals surface area contributed by atoms with E-state index in [1.807, 2.05) is 0 Å². The van der Waals surface area contributed by atoms with Crippen molar-refractivity contribution in [1.82, 2.24) is 10.6 Å². The molecule has 1 fully saturated rings. The molecule has 2 N–H and O–H groups in total. The SMILES string of the molecule is Cc1ccc2c(c1)C1(NC(=O)NC1=O)C(=O)N2Cc1cc(C(F)(F)F)ccc1Cl. The largest absolute Gasteiger partial charge is 0.416 e. The van der Waals surface area contributed by atoms with Crippen LogP contribution in [0.3, 0.4) is 0 Å². The lowest BCUT2D eigenvalue weighted by molar-refractivity contribution is -0.137. The summed E-state index contributed by atoms with van der Waals surface area (Å²) in [5, 5.41) is 4.47. The molecule has 1 unspecified atom stereocenters. The molecule has 10 heteroatoms. The van der Waals surface area contributed by atoms with Crippen LogP contribution in [0.5, 0.6) is 0 Å². The molecule has 0 saturated carbocycles. The summed E-state index contributed by atoms with van der Waals surface area (Å²) < 4.78 is 39.3. The molecule has 150 valence electrons. The van der Waals surface area contributed by atoms with Crippen LogP contribution in [0.4, 0.5) is 23.7 Å². The fraction of sp³-hybridized carbons (Fsp3) is 0.211. The van der Waals surface area contributed by atoms with E-state index in [4.69, 9.17) is 11.6 Å². The number of nitrogens with zero attached hydrogens (tertiary/aromatic N) is 1. The first-order valence-electron chi connectivity index (χ1n) is 8.46. The van der Waals surface area contributed by atoms with Crippen LogP contribution in [-0.2, 0) is 27.8 Å². The fourth-order valence-corrected chi connectivity index (χ4v) is 3.78. The van der Waals surface area contributed by atoms with Crippen molar-refractivity contribution in [2.24, 2.45) is 0 Å². The van der Waals surface area contributed by atoms with Crippen LogP contribution in [0.2, 0.25) is 5.02 Å². The highest BCUT2D eigenvalue weighted by atomic mass is 35.5. The van der Waals surface area contributed by atoms with Gasteiger partial charge in [-0.1, -0.05) is 29.3 Å². The Balaban J connectivity index is 1.82. The maximum absolute atomic E-state index is 13.2. The van der Waals surface area contributed by atoms with Crippen molar-refractivity contribution in [3.05, 3.63) is 63.7 Å². The summed E-state index contributed by atoms with van der Waals surface area (Å²) in [7, 11) is 0. The number of alkyl halides is 3. The van der Waals surface area contributed by atoms with Crippen molar-refractivity contribution in [1.29, 1.82) is 0 Å². The van der Waals surface area contributed by atoms with E-state index >= 15 is 0 Å². The maximum atomic E-state index is 13.2. The molecule has 1 atom stereocenters. The topological polar surface area (TPSA) is 78.5 Å². The number of hydrogen-bond acceptors (Lipinski definition) is 3. The number of aryl methyl sites for hydroxylation is 1. The second-order valence-corrected chi connectivity index (χ2v) is 7.28. The third kappa shape index (κ3) is 2.84. The van der Waals surface area contributed by atoms with Gasteiger partial charge in [0.05, 0.1) is 17.8 Å². The number of amides is 4. The molecule has 0 aromatic heterocycles. The summed E-state index contributed by atoms with van der Waals surface area (Å²) in [5.41, 5.74) is -1.49. The van der Waals surface area contributed by atoms with Gasteiger partial charge in [-0.05, 0) is 36.8 Å². The highest BCUT2D eigenvalue weighted by molar-refractivity contribution is 6.31. The molecule has 6 nitrogen and oxygen atoms in total. The Labute approximate surface area is 167 Å². The lowest BCUT2D eigenvalue weighted by Gasteiger charge is -2.22. The Hall–Kier alpha value is -3.07. The number of fused-ring (bicyclic) bond motifs is 2. The highest BCUT2D eigenvalue weighted by Gasteiger charge is 2.61. The van der Waals surface area contributed by atoms with Gasteiger partial charge in [0, 0.05) is 10.6 Å². The molecule has 0 aliphatic carbocycles. The molecule has 2 aliphatic rings. The van der Waals surface area contributed by atoms with E-state index in [0.717, 1.165) is 28.7 Å². The lowest BCUT2D eigenvalue weighted by Crippen LogP contribution is -2.52. The Bertz CT molecular complexity index is 1090. The molecule has 2 aliphatic heterocycles. The molecule has 0 bridgehead atoms. The van der Waals surface area contributed by atoms with Crippen molar-refractivity contribution in [2.75, 3.05) is 4.90 Å². The number of carbonyl (C=O) groups excluding carboxylic acids is 3. The van der Waals surface area contributed by atoms with Crippen molar-refractivity contribution in [3.8, 4) is 0 Å². The Morgan fingerprint density at radius 3 is 2.45 bits per heavy atom. The molecular weight excluding hydrogens is 411 g/mol. The van der Waals surface area contributed by atoms with Crippen LogP contribution < -0.4 is 15.5 Å². The van der Waals surface area contributed by atoms with Crippen LogP contribution in [0.25, 0.3) is 0 Å². The predicted octanol–water partition coefficient (Wildman–Crippen LogP) is 3.25. The van der Waals surface area contributed by atoms with Gasteiger partial charge in [-0.3, -0.25) is 14.9 Å². The number of imide groups is 1. The molecule has 2 aromatic rings. The number of rotatable bonds is 2. The van der Waals surface area contributed by atoms with Crippen LogP contribution >= 0.6 is 11.6 Å². The van der Waals surface area contributed by atoms with E-state index in [2.05, 4.69) is 10.6 Å². The maximum Gasteiger partial charge on any atom is 0.416 e. The average Bonchev–Trinajstić information content (AvgIpc) is 3.05. The molecule has 2 heterocycles. The number of nitrogens with one attached hydrogen (secondary N) is 2. The standard InChI is InChI=1S/C19H13ClF3N3O3/c1-9-2-5-14-12(6-9)18(15(27)24-17(29)25-18)16(28)26(14)8-10-7-11(19(21,22)23)3-4-13(10)20/h2-7H,8H2,1H3,(H2,24,25,27,29). The number of anilines is 1. The van der Waals surface area contributed by atoms with Gasteiger partial charge in [-0.2, -0.15) is 13.2 Å². The third-order valence-electron chi connectivity index (χ3n) is 4.98. The van der Waals surface area contributed by atoms with Crippen molar-refractivity contribution < 1.29 is 27.6 Å². The summed E-state index contributed by atoms with van der Waals surface area (Å²) >= 11 is 6.07.